The molecular weight excluding hydrogens is 319 g/mol. The van der Waals surface area contributed by atoms with Crippen molar-refractivity contribution < 1.29 is 9.59 Å². The van der Waals surface area contributed by atoms with Crippen LogP contribution in [0.25, 0.3) is 0 Å². The van der Waals surface area contributed by atoms with E-state index in [-0.39, 0.29) is 29.8 Å². The van der Waals surface area contributed by atoms with E-state index >= 15 is 0 Å². The van der Waals surface area contributed by atoms with E-state index in [4.69, 9.17) is 23.2 Å². The first-order valence-corrected chi connectivity index (χ1v) is 7.86. The average molecular weight is 333 g/mol. The van der Waals surface area contributed by atoms with Crippen molar-refractivity contribution in [1.82, 2.24) is 0 Å². The molecule has 0 heterocycles. The summed E-state index contributed by atoms with van der Waals surface area (Å²) in [7, 11) is 0. The Morgan fingerprint density at radius 3 is 2.27 bits per heavy atom. The molecule has 0 amide bonds. The molecule has 3 rings (SSSR count). The van der Waals surface area contributed by atoms with Crippen LogP contribution in [0.5, 0.6) is 0 Å². The van der Waals surface area contributed by atoms with Gasteiger partial charge in [0.05, 0.1) is 22.4 Å². The summed E-state index contributed by atoms with van der Waals surface area (Å²) in [5, 5.41) is 0.909. The van der Waals surface area contributed by atoms with Crippen LogP contribution in [-0.4, -0.2) is 11.6 Å². The number of hydrogen-bond acceptors (Lipinski definition) is 2. The Balaban J connectivity index is 2.05. The lowest BCUT2D eigenvalue weighted by molar-refractivity contribution is -0.131. The predicted molar refractivity (Wildman–Crippen MR) is 87.6 cm³/mol. The van der Waals surface area contributed by atoms with Gasteiger partial charge in [0.25, 0.3) is 0 Å². The molecule has 1 aliphatic rings. The van der Waals surface area contributed by atoms with Crippen LogP contribution in [0.1, 0.15) is 35.8 Å². The highest BCUT2D eigenvalue weighted by Crippen LogP contribution is 2.42. The van der Waals surface area contributed by atoms with Gasteiger partial charge in [0.15, 0.2) is 0 Å². The van der Waals surface area contributed by atoms with E-state index in [1.807, 2.05) is 36.4 Å². The molecule has 0 aliphatic heterocycles. The van der Waals surface area contributed by atoms with Gasteiger partial charge in [0.2, 0.25) is 0 Å². The van der Waals surface area contributed by atoms with Gasteiger partial charge in [-0.3, -0.25) is 9.59 Å². The lowest BCUT2D eigenvalue weighted by atomic mass is 9.71. The average Bonchev–Trinajstić information content (AvgIpc) is 2.50. The van der Waals surface area contributed by atoms with Crippen molar-refractivity contribution in [2.24, 2.45) is 0 Å². The molecular formula is C18H14Cl2O2. The minimum Gasteiger partial charge on any atom is -0.299 e. The molecule has 22 heavy (non-hydrogen) atoms. The molecule has 2 aromatic rings. The lowest BCUT2D eigenvalue weighted by Gasteiger charge is -2.30. The first-order chi connectivity index (χ1) is 10.6. The summed E-state index contributed by atoms with van der Waals surface area (Å²) in [4.78, 5) is 24.4. The highest BCUT2D eigenvalue weighted by molar-refractivity contribution is 6.42. The van der Waals surface area contributed by atoms with Crippen LogP contribution in [-0.2, 0) is 9.59 Å². The summed E-state index contributed by atoms with van der Waals surface area (Å²) < 4.78 is 0. The quantitative estimate of drug-likeness (QED) is 0.740. The minimum absolute atomic E-state index is 0.0113. The number of Topliss-reactive ketones (excluding diaryl/α,β-unsaturated/α-hetero) is 2. The van der Waals surface area contributed by atoms with Crippen LogP contribution in [0, 0.1) is 0 Å². The molecule has 0 aromatic heterocycles. The maximum Gasteiger partial charge on any atom is 0.148 e. The first-order valence-electron chi connectivity index (χ1n) is 7.10. The van der Waals surface area contributed by atoms with Crippen molar-refractivity contribution in [3.63, 3.8) is 0 Å². The summed E-state index contributed by atoms with van der Waals surface area (Å²) in [6.07, 6.45) is 0.362. The monoisotopic (exact) mass is 332 g/mol. The van der Waals surface area contributed by atoms with Crippen LogP contribution in [0.2, 0.25) is 10.0 Å². The van der Waals surface area contributed by atoms with Gasteiger partial charge in [-0.1, -0.05) is 59.6 Å². The van der Waals surface area contributed by atoms with E-state index in [0.29, 0.717) is 16.5 Å². The Labute approximate surface area is 139 Å². The fourth-order valence-electron chi connectivity index (χ4n) is 3.10. The molecule has 2 atom stereocenters. The largest absolute Gasteiger partial charge is 0.299 e. The zero-order valence-corrected chi connectivity index (χ0v) is 13.3. The van der Waals surface area contributed by atoms with Gasteiger partial charge in [-0.05, 0) is 23.3 Å². The fourth-order valence-corrected chi connectivity index (χ4v) is 3.40. The van der Waals surface area contributed by atoms with Gasteiger partial charge in [-0.2, -0.15) is 0 Å². The lowest BCUT2D eigenvalue weighted by Crippen LogP contribution is -2.30. The topological polar surface area (TPSA) is 34.1 Å². The molecule has 0 saturated heterocycles. The standard InChI is InChI=1S/C18H14Cl2O2/c19-15-7-6-12(8-16(15)20)14-9-13(21)10-17(22)18(14)11-4-2-1-3-5-11/h1-8,14,18H,9-10H2. The van der Waals surface area contributed by atoms with Crippen LogP contribution in [0.3, 0.4) is 0 Å². The van der Waals surface area contributed by atoms with Gasteiger partial charge >= 0.3 is 0 Å². The molecule has 2 aromatic carbocycles. The fraction of sp³-hybridized carbons (Fsp3) is 0.222. The third-order valence-electron chi connectivity index (χ3n) is 4.10. The van der Waals surface area contributed by atoms with E-state index in [1.54, 1.807) is 12.1 Å². The van der Waals surface area contributed by atoms with Crippen LogP contribution < -0.4 is 0 Å². The molecule has 4 heteroatoms. The van der Waals surface area contributed by atoms with Crippen molar-refractivity contribution >= 4 is 34.8 Å². The molecule has 1 saturated carbocycles. The second-order valence-electron chi connectivity index (χ2n) is 5.55. The van der Waals surface area contributed by atoms with Crippen LogP contribution >= 0.6 is 23.2 Å². The number of carbonyl (C=O) groups is 2. The number of carbonyl (C=O) groups excluding carboxylic acids is 2. The van der Waals surface area contributed by atoms with Crippen molar-refractivity contribution in [3.05, 3.63) is 69.7 Å². The Kier molecular flexibility index (Phi) is 4.32. The molecule has 1 fully saturated rings. The molecule has 2 unspecified atom stereocenters. The Hall–Kier alpha value is -1.64. The number of ketones is 2. The third-order valence-corrected chi connectivity index (χ3v) is 4.84. The Bertz CT molecular complexity index is 725. The maximum absolute atomic E-state index is 12.5. The molecule has 2 nitrogen and oxygen atoms in total. The molecule has 0 bridgehead atoms. The second-order valence-corrected chi connectivity index (χ2v) is 6.37. The normalized spacial score (nSPS) is 21.9. The van der Waals surface area contributed by atoms with Crippen LogP contribution in [0.4, 0.5) is 0 Å². The van der Waals surface area contributed by atoms with Gasteiger partial charge in [0, 0.05) is 12.3 Å². The third kappa shape index (κ3) is 2.94. The zero-order valence-electron chi connectivity index (χ0n) is 11.8. The van der Waals surface area contributed by atoms with Crippen molar-refractivity contribution in [2.75, 3.05) is 0 Å². The number of benzene rings is 2. The number of hydrogen-bond donors (Lipinski definition) is 0. The van der Waals surface area contributed by atoms with Crippen molar-refractivity contribution in [1.29, 1.82) is 0 Å². The van der Waals surface area contributed by atoms with Crippen LogP contribution in [0.15, 0.2) is 48.5 Å². The summed E-state index contributed by atoms with van der Waals surface area (Å²) in [6, 6.07) is 14.9. The summed E-state index contributed by atoms with van der Waals surface area (Å²) in [5.41, 5.74) is 1.82. The summed E-state index contributed by atoms with van der Waals surface area (Å²) in [5.74, 6) is -0.547. The number of halogens is 2. The minimum atomic E-state index is -0.309. The molecule has 0 radical (unpaired) electrons. The summed E-state index contributed by atoms with van der Waals surface area (Å²) in [6.45, 7) is 0. The zero-order chi connectivity index (χ0) is 15.7. The Morgan fingerprint density at radius 2 is 1.59 bits per heavy atom. The molecule has 1 aliphatic carbocycles. The van der Waals surface area contributed by atoms with Gasteiger partial charge < -0.3 is 0 Å². The maximum atomic E-state index is 12.5. The highest BCUT2D eigenvalue weighted by Gasteiger charge is 2.37. The van der Waals surface area contributed by atoms with Crippen molar-refractivity contribution in [3.8, 4) is 0 Å². The highest BCUT2D eigenvalue weighted by atomic mass is 35.5. The van der Waals surface area contributed by atoms with Gasteiger partial charge in [0.1, 0.15) is 11.6 Å². The predicted octanol–water partition coefficient (Wildman–Crippen LogP) is 4.79. The van der Waals surface area contributed by atoms with E-state index in [1.165, 1.54) is 0 Å². The molecule has 112 valence electrons. The first kappa shape index (κ1) is 15.3. The van der Waals surface area contributed by atoms with E-state index < -0.39 is 0 Å². The van der Waals surface area contributed by atoms with E-state index in [9.17, 15) is 9.59 Å². The molecule has 0 spiro atoms. The summed E-state index contributed by atoms with van der Waals surface area (Å²) >= 11 is 12.1. The SMILES string of the molecule is O=C1CC(=O)C(c2ccccc2)C(c2ccc(Cl)c(Cl)c2)C1. The number of rotatable bonds is 2. The second kappa shape index (κ2) is 6.23. The molecule has 0 N–H and O–H groups in total. The Morgan fingerprint density at radius 1 is 0.864 bits per heavy atom. The van der Waals surface area contributed by atoms with E-state index in [0.717, 1.165) is 11.1 Å². The van der Waals surface area contributed by atoms with E-state index in [2.05, 4.69) is 0 Å². The van der Waals surface area contributed by atoms with Crippen molar-refractivity contribution in [2.45, 2.75) is 24.7 Å². The van der Waals surface area contributed by atoms with Gasteiger partial charge in [-0.15, -0.1) is 0 Å². The van der Waals surface area contributed by atoms with Gasteiger partial charge in [-0.25, -0.2) is 0 Å². The smallest absolute Gasteiger partial charge is 0.148 e.